The van der Waals surface area contributed by atoms with E-state index in [0.717, 1.165) is 16.1 Å². The fourth-order valence-electron chi connectivity index (χ4n) is 1.56. The van der Waals surface area contributed by atoms with Gasteiger partial charge in [0.1, 0.15) is 5.75 Å². The van der Waals surface area contributed by atoms with Gasteiger partial charge in [0.2, 0.25) is 0 Å². The van der Waals surface area contributed by atoms with Crippen LogP contribution in [0.2, 0.25) is 5.02 Å². The Morgan fingerprint density at radius 2 is 2.00 bits per heavy atom. The van der Waals surface area contributed by atoms with Gasteiger partial charge in [-0.2, -0.15) is 0 Å². The first-order valence-corrected chi connectivity index (χ1v) is 6.33. The highest BCUT2D eigenvalue weighted by molar-refractivity contribution is 6.32. The van der Waals surface area contributed by atoms with E-state index in [9.17, 15) is 4.79 Å². The number of halogens is 1. The highest BCUT2D eigenvalue weighted by atomic mass is 35.5. The molecule has 0 unspecified atom stereocenters. The molecule has 0 saturated heterocycles. The second-order valence-electron chi connectivity index (χ2n) is 4.29. The highest BCUT2D eigenvalue weighted by Crippen LogP contribution is 2.25. The summed E-state index contributed by atoms with van der Waals surface area (Å²) in [7, 11) is 1.60. The maximum absolute atomic E-state index is 11.5. The van der Waals surface area contributed by atoms with Gasteiger partial charge < -0.3 is 20.1 Å². The van der Waals surface area contributed by atoms with E-state index in [1.807, 2.05) is 26.0 Å². The van der Waals surface area contributed by atoms with E-state index >= 15 is 0 Å². The van der Waals surface area contributed by atoms with E-state index in [0.29, 0.717) is 5.75 Å². The van der Waals surface area contributed by atoms with Crippen LogP contribution in [0.3, 0.4) is 0 Å². The number of rotatable bonds is 5. The number of aliphatic hydroxyl groups is 1. The monoisotopic (exact) mass is 286 g/mol. The smallest absolute Gasteiger partial charge is 0.319 e. The van der Waals surface area contributed by atoms with Crippen molar-refractivity contribution in [2.24, 2.45) is 0 Å². The molecule has 6 heteroatoms. The molecular formula is C13H19ClN2O3. The van der Waals surface area contributed by atoms with Crippen molar-refractivity contribution in [3.8, 4) is 5.75 Å². The van der Waals surface area contributed by atoms with Gasteiger partial charge in [-0.25, -0.2) is 4.79 Å². The fraction of sp³-hybridized carbons (Fsp3) is 0.462. The van der Waals surface area contributed by atoms with Crippen LogP contribution in [0.25, 0.3) is 0 Å². The third-order valence-electron chi connectivity index (χ3n) is 2.65. The molecule has 19 heavy (non-hydrogen) atoms. The van der Waals surface area contributed by atoms with E-state index in [4.69, 9.17) is 21.4 Å². The number of amides is 2. The zero-order chi connectivity index (χ0) is 14.4. The van der Waals surface area contributed by atoms with E-state index in [1.165, 1.54) is 4.90 Å². The number of benzene rings is 1. The predicted molar refractivity (Wildman–Crippen MR) is 74.7 cm³/mol. The molecule has 0 aliphatic heterocycles. The summed E-state index contributed by atoms with van der Waals surface area (Å²) in [5.41, 5.74) is 1.86. The number of aryl methyl sites for hydroxylation is 2. The average Bonchev–Trinajstić information content (AvgIpc) is 2.36. The SMILES string of the molecule is Cc1cc(OCNC(=O)N(C)CCO)cc(C)c1Cl. The number of urea groups is 1. The van der Waals surface area contributed by atoms with Gasteiger partial charge in [-0.3, -0.25) is 0 Å². The Morgan fingerprint density at radius 1 is 1.42 bits per heavy atom. The molecule has 1 rings (SSSR count). The van der Waals surface area contributed by atoms with E-state index in [2.05, 4.69) is 5.32 Å². The number of hydrogen-bond donors (Lipinski definition) is 2. The zero-order valence-electron chi connectivity index (χ0n) is 11.4. The van der Waals surface area contributed by atoms with Gasteiger partial charge in [0.25, 0.3) is 0 Å². The lowest BCUT2D eigenvalue weighted by atomic mass is 10.1. The number of hydrogen-bond acceptors (Lipinski definition) is 3. The molecule has 0 bridgehead atoms. The first-order valence-electron chi connectivity index (χ1n) is 5.95. The van der Waals surface area contributed by atoms with Crippen LogP contribution in [0.1, 0.15) is 11.1 Å². The molecule has 5 nitrogen and oxygen atoms in total. The van der Waals surface area contributed by atoms with Crippen LogP contribution < -0.4 is 10.1 Å². The van der Waals surface area contributed by atoms with Crippen molar-refractivity contribution in [1.29, 1.82) is 0 Å². The molecule has 0 saturated carbocycles. The molecule has 0 heterocycles. The van der Waals surface area contributed by atoms with Crippen LogP contribution in [0.4, 0.5) is 4.79 Å². The topological polar surface area (TPSA) is 61.8 Å². The first-order chi connectivity index (χ1) is 8.95. The van der Waals surface area contributed by atoms with Gasteiger partial charge in [0.05, 0.1) is 6.61 Å². The summed E-state index contributed by atoms with van der Waals surface area (Å²) < 4.78 is 5.44. The lowest BCUT2D eigenvalue weighted by Crippen LogP contribution is -2.40. The molecule has 0 aliphatic rings. The fourth-order valence-corrected chi connectivity index (χ4v) is 1.67. The molecule has 0 fully saturated rings. The third kappa shape index (κ3) is 4.61. The van der Waals surface area contributed by atoms with E-state index in [-0.39, 0.29) is 25.9 Å². The van der Waals surface area contributed by atoms with Crippen LogP contribution in [-0.2, 0) is 0 Å². The average molecular weight is 287 g/mol. The predicted octanol–water partition coefficient (Wildman–Crippen LogP) is 1.93. The Hall–Kier alpha value is -1.46. The molecule has 0 aliphatic carbocycles. The number of carbonyl (C=O) groups excluding carboxylic acids is 1. The Bertz CT molecular complexity index is 429. The number of nitrogens with zero attached hydrogens (tertiary/aromatic N) is 1. The Morgan fingerprint density at radius 3 is 2.53 bits per heavy atom. The minimum atomic E-state index is -0.295. The van der Waals surface area contributed by atoms with Crippen LogP contribution in [0.5, 0.6) is 5.75 Å². The first kappa shape index (κ1) is 15.6. The van der Waals surface area contributed by atoms with Crippen LogP contribution in [0.15, 0.2) is 12.1 Å². The van der Waals surface area contributed by atoms with Crippen molar-refractivity contribution < 1.29 is 14.6 Å². The standard InChI is InChI=1S/C13H19ClN2O3/c1-9-6-11(7-10(2)12(9)14)19-8-15-13(18)16(3)4-5-17/h6-7,17H,4-5,8H2,1-3H3,(H,15,18). The number of carbonyl (C=O) groups is 1. The third-order valence-corrected chi connectivity index (χ3v) is 3.25. The second kappa shape index (κ2) is 7.21. The number of ether oxygens (including phenoxy) is 1. The Kier molecular flexibility index (Phi) is 5.92. The quantitative estimate of drug-likeness (QED) is 0.813. The normalized spacial score (nSPS) is 10.2. The summed E-state index contributed by atoms with van der Waals surface area (Å²) >= 11 is 6.05. The number of nitrogens with one attached hydrogen (secondary N) is 1. The maximum Gasteiger partial charge on any atom is 0.319 e. The molecule has 2 amide bonds. The van der Waals surface area contributed by atoms with Gasteiger partial charge in [-0.1, -0.05) is 11.6 Å². The molecule has 106 valence electrons. The largest absolute Gasteiger partial charge is 0.473 e. The highest BCUT2D eigenvalue weighted by Gasteiger charge is 2.07. The molecule has 0 spiro atoms. The summed E-state index contributed by atoms with van der Waals surface area (Å²) in [5.74, 6) is 0.657. The van der Waals surface area contributed by atoms with Gasteiger partial charge >= 0.3 is 6.03 Å². The van der Waals surface area contributed by atoms with Crippen LogP contribution in [-0.4, -0.2) is 43.0 Å². The van der Waals surface area contributed by atoms with Crippen molar-refractivity contribution in [3.63, 3.8) is 0 Å². The van der Waals surface area contributed by atoms with Gasteiger partial charge in [0, 0.05) is 18.6 Å². The van der Waals surface area contributed by atoms with Gasteiger partial charge in [-0.05, 0) is 37.1 Å². The lowest BCUT2D eigenvalue weighted by Gasteiger charge is -2.17. The molecular weight excluding hydrogens is 268 g/mol. The molecule has 1 aromatic rings. The zero-order valence-corrected chi connectivity index (χ0v) is 12.1. The van der Waals surface area contributed by atoms with E-state index in [1.54, 1.807) is 7.05 Å². The minimum absolute atomic E-state index is 0.0646. The van der Waals surface area contributed by atoms with Crippen molar-refractivity contribution in [1.82, 2.24) is 10.2 Å². The Balaban J connectivity index is 2.48. The molecule has 0 aromatic heterocycles. The number of aliphatic hydroxyl groups excluding tert-OH is 1. The summed E-state index contributed by atoms with van der Waals surface area (Å²) in [5, 5.41) is 12.0. The Labute approximate surface area is 118 Å². The molecule has 1 aromatic carbocycles. The summed E-state index contributed by atoms with van der Waals surface area (Å²) in [4.78, 5) is 12.9. The lowest BCUT2D eigenvalue weighted by molar-refractivity contribution is 0.179. The van der Waals surface area contributed by atoms with Crippen LogP contribution >= 0.6 is 11.6 Å². The van der Waals surface area contributed by atoms with Gasteiger partial charge in [-0.15, -0.1) is 0 Å². The number of likely N-dealkylation sites (N-methyl/N-ethyl adjacent to an activating group) is 1. The summed E-state index contributed by atoms with van der Waals surface area (Å²) in [6.07, 6.45) is 0. The van der Waals surface area contributed by atoms with E-state index < -0.39 is 0 Å². The van der Waals surface area contributed by atoms with Crippen LogP contribution in [0, 0.1) is 13.8 Å². The summed E-state index contributed by atoms with van der Waals surface area (Å²) in [6, 6.07) is 3.34. The van der Waals surface area contributed by atoms with Crippen molar-refractivity contribution >= 4 is 17.6 Å². The second-order valence-corrected chi connectivity index (χ2v) is 4.66. The molecule has 2 N–H and O–H groups in total. The molecule has 0 atom stereocenters. The summed E-state index contributed by atoms with van der Waals surface area (Å²) in [6.45, 7) is 4.08. The molecule has 0 radical (unpaired) electrons. The van der Waals surface area contributed by atoms with Gasteiger partial charge in [0.15, 0.2) is 6.73 Å². The van der Waals surface area contributed by atoms with Crippen molar-refractivity contribution in [2.45, 2.75) is 13.8 Å². The maximum atomic E-state index is 11.5. The minimum Gasteiger partial charge on any atom is -0.473 e. The van der Waals surface area contributed by atoms with Crippen molar-refractivity contribution in [3.05, 3.63) is 28.3 Å². The van der Waals surface area contributed by atoms with Crippen molar-refractivity contribution in [2.75, 3.05) is 26.9 Å².